The lowest BCUT2D eigenvalue weighted by atomic mass is 9.98. The first-order valence-corrected chi connectivity index (χ1v) is 11.5. The molecule has 2 atom stereocenters. The van der Waals surface area contributed by atoms with Gasteiger partial charge in [-0.2, -0.15) is 0 Å². The number of fused-ring (bicyclic) bond motifs is 3. The molecule has 2 aromatic rings. The van der Waals surface area contributed by atoms with E-state index in [4.69, 9.17) is 4.74 Å². The summed E-state index contributed by atoms with van der Waals surface area (Å²) >= 11 is 0. The van der Waals surface area contributed by atoms with Gasteiger partial charge in [0, 0.05) is 24.9 Å². The third-order valence-electron chi connectivity index (χ3n) is 5.93. The number of hydrogen-bond donors (Lipinski definition) is 3. The molecule has 0 saturated heterocycles. The number of nitrogens with one attached hydrogen (secondary N) is 2. The van der Waals surface area contributed by atoms with Crippen molar-refractivity contribution in [2.45, 2.75) is 44.2 Å². The number of carboxylic acid groups (broad SMARTS) is 1. The van der Waals surface area contributed by atoms with E-state index in [-0.39, 0.29) is 37.4 Å². The molecule has 3 rings (SSSR count). The number of amides is 2. The van der Waals surface area contributed by atoms with Crippen LogP contribution in [-0.4, -0.2) is 67.3 Å². The Bertz CT molecular complexity index is 978. The van der Waals surface area contributed by atoms with Crippen molar-refractivity contribution in [3.05, 3.63) is 59.7 Å². The highest BCUT2D eigenvalue weighted by Crippen LogP contribution is 2.44. The van der Waals surface area contributed by atoms with Gasteiger partial charge in [0.1, 0.15) is 12.6 Å². The highest BCUT2D eigenvalue weighted by atomic mass is 16.5. The van der Waals surface area contributed by atoms with Gasteiger partial charge >= 0.3 is 12.1 Å². The second-order valence-electron chi connectivity index (χ2n) is 8.98. The molecule has 8 nitrogen and oxygen atoms in total. The van der Waals surface area contributed by atoms with Gasteiger partial charge in [-0.05, 0) is 56.1 Å². The van der Waals surface area contributed by atoms with E-state index in [0.29, 0.717) is 12.8 Å². The van der Waals surface area contributed by atoms with Gasteiger partial charge in [0.15, 0.2) is 0 Å². The van der Waals surface area contributed by atoms with Crippen molar-refractivity contribution in [3.63, 3.8) is 0 Å². The van der Waals surface area contributed by atoms with Crippen molar-refractivity contribution in [2.75, 3.05) is 27.2 Å². The van der Waals surface area contributed by atoms with Crippen molar-refractivity contribution in [1.29, 1.82) is 0 Å². The predicted octanol–water partition coefficient (Wildman–Crippen LogP) is 3.21. The van der Waals surface area contributed by atoms with E-state index in [1.165, 1.54) is 11.1 Å². The second kappa shape index (κ2) is 11.7. The zero-order valence-electron chi connectivity index (χ0n) is 19.9. The number of hydrogen-bond acceptors (Lipinski definition) is 5. The average Bonchev–Trinajstić information content (AvgIpc) is 3.10. The second-order valence-corrected chi connectivity index (χ2v) is 8.98. The number of likely N-dealkylation sites (N-methyl/N-ethyl adjacent to an activating group) is 1. The SMILES string of the molecule is CC(CCCC(=O)NC(CN(C)C)C(=O)O)NC(=O)OCC1c2ccccc2-c2ccccc21. The van der Waals surface area contributed by atoms with Crippen LogP contribution in [0.4, 0.5) is 4.79 Å². The molecule has 0 heterocycles. The van der Waals surface area contributed by atoms with Gasteiger partial charge < -0.3 is 25.4 Å². The van der Waals surface area contributed by atoms with E-state index in [2.05, 4.69) is 34.9 Å². The molecule has 2 aromatic carbocycles. The Morgan fingerprint density at radius 2 is 1.59 bits per heavy atom. The minimum absolute atomic E-state index is 0.00139. The number of alkyl carbamates (subject to hydrolysis) is 1. The Morgan fingerprint density at radius 1 is 1.00 bits per heavy atom. The standard InChI is InChI=1S/C26H33N3O5/c1-17(9-8-14-24(30)28-23(25(31)32)15-29(2)3)27-26(33)34-16-22-20-12-6-4-10-18(20)19-11-5-7-13-21(19)22/h4-7,10-13,17,22-23H,8-9,14-16H2,1-3H3,(H,27,33)(H,28,30)(H,31,32). The molecule has 0 saturated carbocycles. The van der Waals surface area contributed by atoms with E-state index >= 15 is 0 Å². The molecule has 0 aliphatic heterocycles. The molecule has 8 heteroatoms. The maximum Gasteiger partial charge on any atom is 0.407 e. The predicted molar refractivity (Wildman–Crippen MR) is 130 cm³/mol. The van der Waals surface area contributed by atoms with Crippen LogP contribution in [0.15, 0.2) is 48.5 Å². The molecule has 2 unspecified atom stereocenters. The lowest BCUT2D eigenvalue weighted by Gasteiger charge is -2.19. The van der Waals surface area contributed by atoms with Gasteiger partial charge in [-0.25, -0.2) is 9.59 Å². The number of aliphatic carboxylic acids is 1. The summed E-state index contributed by atoms with van der Waals surface area (Å²) in [5.41, 5.74) is 4.66. The quantitative estimate of drug-likeness (QED) is 0.468. The fraction of sp³-hybridized carbons (Fsp3) is 0.423. The molecule has 1 aliphatic carbocycles. The van der Waals surface area contributed by atoms with Crippen LogP contribution in [0.1, 0.15) is 43.2 Å². The Kier molecular flexibility index (Phi) is 8.65. The summed E-state index contributed by atoms with van der Waals surface area (Å²) in [5.74, 6) is -1.38. The molecule has 1 aliphatic rings. The van der Waals surface area contributed by atoms with Crippen molar-refractivity contribution in [1.82, 2.24) is 15.5 Å². The number of nitrogens with zero attached hydrogens (tertiary/aromatic N) is 1. The van der Waals surface area contributed by atoms with Gasteiger partial charge in [0.05, 0.1) is 0 Å². The molecule has 0 radical (unpaired) electrons. The number of benzene rings is 2. The molecule has 2 amide bonds. The Labute approximate surface area is 200 Å². The first-order chi connectivity index (χ1) is 16.3. The van der Waals surface area contributed by atoms with Gasteiger partial charge in [0.2, 0.25) is 5.91 Å². The molecule has 34 heavy (non-hydrogen) atoms. The lowest BCUT2D eigenvalue weighted by molar-refractivity contribution is -0.142. The molecule has 0 aromatic heterocycles. The smallest absolute Gasteiger partial charge is 0.407 e. The van der Waals surface area contributed by atoms with Crippen LogP contribution in [0.2, 0.25) is 0 Å². The van der Waals surface area contributed by atoms with Crippen molar-refractivity contribution in [3.8, 4) is 11.1 Å². The summed E-state index contributed by atoms with van der Waals surface area (Å²) in [7, 11) is 3.50. The maximum absolute atomic E-state index is 12.4. The molecule has 0 spiro atoms. The van der Waals surface area contributed by atoms with Crippen molar-refractivity contribution < 1.29 is 24.2 Å². The minimum atomic E-state index is -1.06. The van der Waals surface area contributed by atoms with Crippen LogP contribution in [0.25, 0.3) is 11.1 Å². The van der Waals surface area contributed by atoms with Crippen molar-refractivity contribution in [2.24, 2.45) is 0 Å². The lowest BCUT2D eigenvalue weighted by Crippen LogP contribution is -2.46. The van der Waals surface area contributed by atoms with E-state index in [0.717, 1.165) is 11.1 Å². The van der Waals surface area contributed by atoms with Crippen LogP contribution in [0.5, 0.6) is 0 Å². The largest absolute Gasteiger partial charge is 0.480 e. The number of ether oxygens (including phenoxy) is 1. The molecular weight excluding hydrogens is 434 g/mol. The fourth-order valence-electron chi connectivity index (χ4n) is 4.30. The van der Waals surface area contributed by atoms with Crippen molar-refractivity contribution >= 4 is 18.0 Å². The van der Waals surface area contributed by atoms with Gasteiger partial charge in [-0.3, -0.25) is 4.79 Å². The zero-order chi connectivity index (χ0) is 24.7. The van der Waals surface area contributed by atoms with Crippen LogP contribution in [0.3, 0.4) is 0 Å². The molecular formula is C26H33N3O5. The van der Waals surface area contributed by atoms with Crippen LogP contribution >= 0.6 is 0 Å². The zero-order valence-corrected chi connectivity index (χ0v) is 19.9. The summed E-state index contributed by atoms with van der Waals surface area (Å²) in [6.45, 7) is 2.32. The Morgan fingerprint density at radius 3 is 2.15 bits per heavy atom. The van der Waals surface area contributed by atoms with Crippen LogP contribution < -0.4 is 10.6 Å². The number of rotatable bonds is 11. The Hall–Kier alpha value is -3.39. The van der Waals surface area contributed by atoms with Crippen LogP contribution in [-0.2, 0) is 14.3 Å². The first kappa shape index (κ1) is 25.2. The average molecular weight is 468 g/mol. The minimum Gasteiger partial charge on any atom is -0.480 e. The van der Waals surface area contributed by atoms with Gasteiger partial charge in [0.25, 0.3) is 0 Å². The van der Waals surface area contributed by atoms with E-state index in [1.807, 2.05) is 31.2 Å². The highest BCUT2D eigenvalue weighted by Gasteiger charge is 2.29. The number of carbonyl (C=O) groups is 3. The van der Waals surface area contributed by atoms with Crippen LogP contribution in [0, 0.1) is 0 Å². The fourth-order valence-corrected chi connectivity index (χ4v) is 4.30. The van der Waals surface area contributed by atoms with E-state index < -0.39 is 18.1 Å². The summed E-state index contributed by atoms with van der Waals surface area (Å²) in [5, 5.41) is 14.6. The number of carboxylic acids is 1. The molecule has 182 valence electrons. The normalized spacial score (nSPS) is 14.1. The third kappa shape index (κ3) is 6.57. The first-order valence-electron chi connectivity index (χ1n) is 11.5. The molecule has 0 fully saturated rings. The summed E-state index contributed by atoms with van der Waals surface area (Å²) in [6.07, 6.45) is 0.790. The van der Waals surface area contributed by atoms with Gasteiger partial charge in [-0.1, -0.05) is 48.5 Å². The maximum atomic E-state index is 12.4. The third-order valence-corrected chi connectivity index (χ3v) is 5.93. The Balaban J connectivity index is 1.42. The number of carbonyl (C=O) groups excluding carboxylic acids is 2. The van der Waals surface area contributed by atoms with E-state index in [1.54, 1.807) is 19.0 Å². The monoisotopic (exact) mass is 467 g/mol. The van der Waals surface area contributed by atoms with Gasteiger partial charge in [-0.15, -0.1) is 0 Å². The topological polar surface area (TPSA) is 108 Å². The summed E-state index contributed by atoms with van der Waals surface area (Å²) in [4.78, 5) is 37.4. The highest BCUT2D eigenvalue weighted by molar-refractivity contribution is 5.83. The molecule has 3 N–H and O–H groups in total. The summed E-state index contributed by atoms with van der Waals surface area (Å²) in [6, 6.07) is 15.2. The summed E-state index contributed by atoms with van der Waals surface area (Å²) < 4.78 is 5.55. The molecule has 0 bridgehead atoms. The van der Waals surface area contributed by atoms with E-state index in [9.17, 15) is 19.5 Å².